The Morgan fingerprint density at radius 1 is 0.850 bits per heavy atom. The lowest BCUT2D eigenvalue weighted by atomic mass is 9.95. The quantitative estimate of drug-likeness (QED) is 0.391. The molecule has 0 amide bonds. The third kappa shape index (κ3) is 3.48. The van der Waals surface area contributed by atoms with Gasteiger partial charge >= 0.3 is 12.4 Å². The van der Waals surface area contributed by atoms with Crippen LogP contribution in [0, 0.1) is 0 Å². The molecular formula is C12H13F6PS. The maximum Gasteiger partial charge on any atom is 0.422 e. The number of rotatable bonds is 1. The van der Waals surface area contributed by atoms with Gasteiger partial charge in [-0.15, -0.1) is 10.9 Å². The first-order valence-corrected chi connectivity index (χ1v) is 8.67. The third-order valence-electron chi connectivity index (χ3n) is 3.50. The van der Waals surface area contributed by atoms with Crippen molar-refractivity contribution in [3.05, 3.63) is 15.7 Å². The van der Waals surface area contributed by atoms with Crippen molar-refractivity contribution < 1.29 is 26.3 Å². The second kappa shape index (κ2) is 5.84. The molecular weight excluding hydrogens is 321 g/mol. The van der Waals surface area contributed by atoms with Crippen LogP contribution in [0.2, 0.25) is 0 Å². The average molecular weight is 334 g/mol. The van der Waals surface area contributed by atoms with E-state index in [1.807, 2.05) is 0 Å². The summed E-state index contributed by atoms with van der Waals surface area (Å²) in [7, 11) is 0.367. The molecule has 1 aliphatic carbocycles. The van der Waals surface area contributed by atoms with Crippen LogP contribution in [0.3, 0.4) is 0 Å². The summed E-state index contributed by atoms with van der Waals surface area (Å²) >= 11 is 0. The zero-order valence-electron chi connectivity index (χ0n) is 10.4. The fraction of sp³-hybridized carbons (Fsp3) is 0.750. The zero-order chi connectivity index (χ0) is 15.0. The van der Waals surface area contributed by atoms with E-state index in [4.69, 9.17) is 0 Å². The fourth-order valence-corrected chi connectivity index (χ4v) is 5.87. The van der Waals surface area contributed by atoms with E-state index < -0.39 is 23.2 Å². The Kier molecular flexibility index (Phi) is 4.69. The lowest BCUT2D eigenvalue weighted by Gasteiger charge is -2.18. The van der Waals surface area contributed by atoms with E-state index in [-0.39, 0.29) is 18.2 Å². The van der Waals surface area contributed by atoms with E-state index >= 15 is 0 Å². The summed E-state index contributed by atoms with van der Waals surface area (Å²) in [4.78, 5) is -0.0895. The molecule has 20 heavy (non-hydrogen) atoms. The molecule has 8 heteroatoms. The molecule has 0 bridgehead atoms. The molecule has 2 rings (SSSR count). The van der Waals surface area contributed by atoms with Crippen LogP contribution in [0.1, 0.15) is 60.2 Å². The molecule has 1 aromatic heterocycles. The van der Waals surface area contributed by atoms with Gasteiger partial charge in [0.2, 0.25) is 0 Å². The molecule has 1 saturated carbocycles. The van der Waals surface area contributed by atoms with Gasteiger partial charge in [0, 0.05) is 12.2 Å². The summed E-state index contributed by atoms with van der Waals surface area (Å²) in [6, 6.07) is 0. The van der Waals surface area contributed by atoms with Crippen molar-refractivity contribution in [2.45, 2.75) is 56.8 Å². The van der Waals surface area contributed by atoms with Crippen molar-refractivity contribution in [3.8, 4) is 0 Å². The second-order valence-corrected chi connectivity index (χ2v) is 7.30. The number of halogens is 6. The van der Waals surface area contributed by atoms with E-state index in [1.54, 1.807) is 0 Å². The van der Waals surface area contributed by atoms with Gasteiger partial charge in [0.05, 0.1) is 5.56 Å². The van der Waals surface area contributed by atoms with E-state index in [1.165, 1.54) is 0 Å². The molecule has 1 fully saturated rings. The maximum absolute atomic E-state index is 13.1. The van der Waals surface area contributed by atoms with Gasteiger partial charge in [0.15, 0.2) is 0 Å². The molecule has 0 radical (unpaired) electrons. The summed E-state index contributed by atoms with van der Waals surface area (Å²) in [5.41, 5.74) is -1.41. The number of hydrogen-bond acceptors (Lipinski definition) is 1. The van der Waals surface area contributed by atoms with Gasteiger partial charge in [-0.05, 0) is 18.8 Å². The highest BCUT2D eigenvalue weighted by atomic mass is 32.5. The molecule has 0 spiro atoms. The van der Waals surface area contributed by atoms with E-state index in [0.717, 1.165) is 25.7 Å². The van der Waals surface area contributed by atoms with Crippen LogP contribution in [0.5, 0.6) is 0 Å². The highest BCUT2D eigenvalue weighted by molar-refractivity contribution is 7.81. The average Bonchev–Trinajstić information content (AvgIpc) is 2.59. The lowest BCUT2D eigenvalue weighted by molar-refractivity contribution is -0.159. The van der Waals surface area contributed by atoms with Crippen molar-refractivity contribution in [1.82, 2.24) is 0 Å². The fourth-order valence-electron chi connectivity index (χ4n) is 2.59. The Hall–Kier alpha value is -0.290. The van der Waals surface area contributed by atoms with Gasteiger partial charge in [-0.1, -0.05) is 25.7 Å². The molecule has 1 heterocycles. The zero-order valence-corrected chi connectivity index (χ0v) is 12.2. The van der Waals surface area contributed by atoms with E-state index in [9.17, 15) is 26.3 Å². The van der Waals surface area contributed by atoms with Gasteiger partial charge < -0.3 is 0 Å². The van der Waals surface area contributed by atoms with Gasteiger partial charge in [-0.2, -0.15) is 26.3 Å². The minimum absolute atomic E-state index is 0.0895. The topological polar surface area (TPSA) is 0 Å². The molecule has 1 aromatic rings. The molecule has 0 nitrogen and oxygen atoms in total. The molecule has 0 N–H and O–H groups in total. The van der Waals surface area contributed by atoms with Crippen molar-refractivity contribution >= 4 is 18.3 Å². The van der Waals surface area contributed by atoms with Crippen molar-refractivity contribution in [2.24, 2.45) is 0 Å². The van der Waals surface area contributed by atoms with Crippen LogP contribution in [0.15, 0.2) is 0 Å². The highest BCUT2D eigenvalue weighted by Crippen LogP contribution is 2.53. The Labute approximate surface area is 118 Å². The first kappa shape index (κ1) is 16.1. The Morgan fingerprint density at radius 2 is 1.40 bits per heavy atom. The molecule has 0 aliphatic heterocycles. The van der Waals surface area contributed by atoms with Gasteiger partial charge in [-0.25, -0.2) is 0 Å². The van der Waals surface area contributed by atoms with Gasteiger partial charge in [0.25, 0.3) is 0 Å². The van der Waals surface area contributed by atoms with Crippen LogP contribution < -0.4 is 0 Å². The molecule has 0 saturated heterocycles. The summed E-state index contributed by atoms with van der Waals surface area (Å²) in [5, 5.41) is -1.44. The summed E-state index contributed by atoms with van der Waals surface area (Å²) < 4.78 is 77.5. The molecule has 0 atom stereocenters. The lowest BCUT2D eigenvalue weighted by Crippen LogP contribution is -2.16. The van der Waals surface area contributed by atoms with Crippen LogP contribution in [0.25, 0.3) is 0 Å². The largest absolute Gasteiger partial charge is 0.422 e. The third-order valence-corrected chi connectivity index (χ3v) is 6.39. The first-order chi connectivity index (χ1) is 9.21. The molecule has 0 unspecified atom stereocenters. The minimum Gasteiger partial charge on any atom is -0.166 e. The van der Waals surface area contributed by atoms with Crippen LogP contribution >= 0.6 is 18.3 Å². The highest BCUT2D eigenvalue weighted by Gasteiger charge is 2.47. The van der Waals surface area contributed by atoms with E-state index in [2.05, 4.69) is 0 Å². The van der Waals surface area contributed by atoms with Crippen LogP contribution in [-0.4, -0.2) is 0 Å². The van der Waals surface area contributed by atoms with Crippen molar-refractivity contribution in [1.29, 1.82) is 0 Å². The van der Waals surface area contributed by atoms with Crippen molar-refractivity contribution in [3.63, 3.8) is 0 Å². The van der Waals surface area contributed by atoms with Crippen LogP contribution in [-0.2, 0) is 12.4 Å². The maximum atomic E-state index is 13.1. The predicted octanol–water partition coefficient (Wildman–Crippen LogP) is 6.80. The monoisotopic (exact) mass is 334 g/mol. The van der Waals surface area contributed by atoms with E-state index in [0.29, 0.717) is 23.8 Å². The number of alkyl halides is 6. The Bertz CT molecular complexity index is 453. The minimum atomic E-state index is -4.93. The first-order valence-electron chi connectivity index (χ1n) is 6.35. The Balaban J connectivity index is 2.45. The SMILES string of the molecule is FC(F)(F)c1psc(C2CCCCCC2)c1C(F)(F)F. The van der Waals surface area contributed by atoms with Gasteiger partial charge in [-0.3, -0.25) is 0 Å². The standard InChI is InChI=1S/C12H13F6PS/c13-11(14,15)8-9(7-5-3-1-2-4-6-7)20-19-10(8)12(16,17)18/h7H,1-6H2. The normalized spacial score (nSPS) is 19.5. The number of hydrogen-bond donors (Lipinski definition) is 0. The predicted molar refractivity (Wildman–Crippen MR) is 67.3 cm³/mol. The molecule has 1 aliphatic rings. The summed E-state index contributed by atoms with van der Waals surface area (Å²) in [6.45, 7) is 0. The second-order valence-electron chi connectivity index (χ2n) is 4.95. The summed E-state index contributed by atoms with van der Waals surface area (Å²) in [6.07, 6.45) is -5.25. The Morgan fingerprint density at radius 3 is 1.85 bits per heavy atom. The van der Waals surface area contributed by atoms with Crippen LogP contribution in [0.4, 0.5) is 26.3 Å². The smallest absolute Gasteiger partial charge is 0.166 e. The van der Waals surface area contributed by atoms with Crippen molar-refractivity contribution in [2.75, 3.05) is 0 Å². The molecule has 0 aromatic carbocycles. The summed E-state index contributed by atoms with van der Waals surface area (Å²) in [5.74, 6) is -0.369. The molecule has 114 valence electrons. The van der Waals surface area contributed by atoms with Gasteiger partial charge in [0.1, 0.15) is 5.30 Å².